The van der Waals surface area contributed by atoms with Crippen molar-refractivity contribution in [1.29, 1.82) is 0 Å². The maximum atomic E-state index is 5.20. The molecular weight excluding hydrogens is 329 g/mol. The van der Waals surface area contributed by atoms with Crippen LogP contribution in [-0.4, -0.2) is 16.6 Å². The Balaban J connectivity index is 1.87. The summed E-state index contributed by atoms with van der Waals surface area (Å²) < 4.78 is 5.20. The number of rotatable bonds is 3. The highest BCUT2D eigenvalue weighted by molar-refractivity contribution is 14.1. The number of aromatic amines is 1. The molecule has 4 nitrogen and oxygen atoms in total. The predicted molar refractivity (Wildman–Crippen MR) is 74.7 cm³/mol. The van der Waals surface area contributed by atoms with Crippen LogP contribution >= 0.6 is 23.0 Å². The van der Waals surface area contributed by atoms with Crippen molar-refractivity contribution in [3.8, 4) is 0 Å². The van der Waals surface area contributed by atoms with Gasteiger partial charge in [0.15, 0.2) is 0 Å². The summed E-state index contributed by atoms with van der Waals surface area (Å²) in [5.74, 6) is 1.80. The van der Waals surface area contributed by atoms with E-state index in [9.17, 15) is 0 Å². The van der Waals surface area contributed by atoms with Crippen LogP contribution in [0.3, 0.4) is 0 Å². The van der Waals surface area contributed by atoms with E-state index in [-0.39, 0.29) is 6.04 Å². The standard InChI is InChI=1S/C12H16IN3O/c13-17-7-10-11-9(5-6-14-10)15-12(16-11)8-3-1-2-4-8/h5-6,8,10,14H,1-4,7H2,(H,15,16). The Kier molecular flexibility index (Phi) is 3.37. The molecule has 1 unspecified atom stereocenters. The lowest BCUT2D eigenvalue weighted by Crippen LogP contribution is -2.23. The molecule has 2 aliphatic rings. The van der Waals surface area contributed by atoms with E-state index < -0.39 is 0 Å². The summed E-state index contributed by atoms with van der Waals surface area (Å²) in [4.78, 5) is 8.23. The highest BCUT2D eigenvalue weighted by atomic mass is 127. The molecule has 1 atom stereocenters. The Morgan fingerprint density at radius 1 is 1.41 bits per heavy atom. The summed E-state index contributed by atoms with van der Waals surface area (Å²) in [6.07, 6.45) is 9.22. The number of halogens is 1. The van der Waals surface area contributed by atoms with Gasteiger partial charge in [-0.3, -0.25) is 0 Å². The molecule has 1 aromatic heterocycles. The smallest absolute Gasteiger partial charge is 0.110 e. The molecule has 1 aliphatic heterocycles. The number of nitrogens with one attached hydrogen (secondary N) is 2. The van der Waals surface area contributed by atoms with Crippen LogP contribution in [0.25, 0.3) is 6.08 Å². The van der Waals surface area contributed by atoms with Crippen molar-refractivity contribution in [2.45, 2.75) is 37.6 Å². The molecule has 3 rings (SSSR count). The molecule has 1 aliphatic carbocycles. The van der Waals surface area contributed by atoms with E-state index in [1.807, 2.05) is 35.3 Å². The molecule has 0 bridgehead atoms. The van der Waals surface area contributed by atoms with Crippen molar-refractivity contribution in [3.05, 3.63) is 23.4 Å². The maximum Gasteiger partial charge on any atom is 0.110 e. The molecule has 17 heavy (non-hydrogen) atoms. The van der Waals surface area contributed by atoms with Crippen LogP contribution in [0.4, 0.5) is 0 Å². The Labute approximate surface area is 115 Å². The fraction of sp³-hybridized carbons (Fsp3) is 0.583. The van der Waals surface area contributed by atoms with Crippen molar-refractivity contribution in [1.82, 2.24) is 15.3 Å². The Morgan fingerprint density at radius 2 is 2.24 bits per heavy atom. The summed E-state index contributed by atoms with van der Waals surface area (Å²) in [7, 11) is 0. The topological polar surface area (TPSA) is 49.9 Å². The van der Waals surface area contributed by atoms with Crippen LogP contribution in [-0.2, 0) is 3.07 Å². The van der Waals surface area contributed by atoms with Gasteiger partial charge in [0.2, 0.25) is 0 Å². The zero-order chi connectivity index (χ0) is 11.7. The minimum Gasteiger partial charge on any atom is -0.380 e. The normalized spacial score (nSPS) is 23.7. The predicted octanol–water partition coefficient (Wildman–Crippen LogP) is 3.05. The SMILES string of the molecule is IOCC1NC=Cc2nc(C3CCCC3)[nH]c21. The van der Waals surface area contributed by atoms with Crippen LogP contribution in [0.5, 0.6) is 0 Å². The zero-order valence-corrected chi connectivity index (χ0v) is 11.7. The molecular formula is C12H16IN3O. The van der Waals surface area contributed by atoms with Crippen molar-refractivity contribution in [2.24, 2.45) is 0 Å². The molecule has 0 spiro atoms. The largest absolute Gasteiger partial charge is 0.380 e. The first-order valence-electron chi connectivity index (χ1n) is 6.14. The van der Waals surface area contributed by atoms with Crippen LogP contribution in [0.2, 0.25) is 0 Å². The molecule has 2 N–H and O–H groups in total. The van der Waals surface area contributed by atoms with Crippen LogP contribution in [0.15, 0.2) is 6.20 Å². The van der Waals surface area contributed by atoms with E-state index >= 15 is 0 Å². The Morgan fingerprint density at radius 3 is 3.00 bits per heavy atom. The third kappa shape index (κ3) is 2.22. The summed E-state index contributed by atoms with van der Waals surface area (Å²) in [6.45, 7) is 0.657. The number of hydrogen-bond acceptors (Lipinski definition) is 3. The minimum atomic E-state index is 0.203. The molecule has 0 aromatic carbocycles. The maximum absolute atomic E-state index is 5.20. The molecule has 1 saturated carbocycles. The summed E-state index contributed by atoms with van der Waals surface area (Å²) in [5.41, 5.74) is 2.25. The van der Waals surface area contributed by atoms with Crippen molar-refractivity contribution in [3.63, 3.8) is 0 Å². The van der Waals surface area contributed by atoms with Gasteiger partial charge in [0.1, 0.15) is 28.8 Å². The van der Waals surface area contributed by atoms with Gasteiger partial charge in [0.25, 0.3) is 0 Å². The first-order chi connectivity index (χ1) is 8.38. The second kappa shape index (κ2) is 4.97. The van der Waals surface area contributed by atoms with Gasteiger partial charge in [-0.2, -0.15) is 0 Å². The number of hydrogen-bond donors (Lipinski definition) is 2. The number of nitrogens with zero attached hydrogens (tertiary/aromatic N) is 1. The third-order valence-electron chi connectivity index (χ3n) is 3.64. The molecule has 1 fully saturated rings. The second-order valence-electron chi connectivity index (χ2n) is 4.73. The van der Waals surface area contributed by atoms with Gasteiger partial charge in [0.05, 0.1) is 24.0 Å². The molecule has 2 heterocycles. The van der Waals surface area contributed by atoms with E-state index in [4.69, 9.17) is 8.05 Å². The van der Waals surface area contributed by atoms with Gasteiger partial charge in [-0.15, -0.1) is 0 Å². The van der Waals surface area contributed by atoms with Gasteiger partial charge >= 0.3 is 0 Å². The molecule has 0 amide bonds. The van der Waals surface area contributed by atoms with Crippen LogP contribution in [0.1, 0.15) is 54.9 Å². The molecule has 1 aromatic rings. The average Bonchev–Trinajstić information content (AvgIpc) is 2.98. The van der Waals surface area contributed by atoms with Gasteiger partial charge in [-0.25, -0.2) is 4.98 Å². The highest BCUT2D eigenvalue weighted by Crippen LogP contribution is 2.34. The van der Waals surface area contributed by atoms with E-state index in [0.29, 0.717) is 12.5 Å². The second-order valence-corrected chi connectivity index (χ2v) is 5.35. The van der Waals surface area contributed by atoms with E-state index in [1.54, 1.807) is 0 Å². The van der Waals surface area contributed by atoms with Gasteiger partial charge in [-0.1, -0.05) is 12.8 Å². The number of aromatic nitrogens is 2. The molecule has 0 radical (unpaired) electrons. The minimum absolute atomic E-state index is 0.203. The quantitative estimate of drug-likeness (QED) is 0.828. The Hall–Kier alpha value is -0.560. The summed E-state index contributed by atoms with van der Waals surface area (Å²) in [5, 5.41) is 3.30. The lowest BCUT2D eigenvalue weighted by molar-refractivity contribution is 0.356. The van der Waals surface area contributed by atoms with Gasteiger partial charge in [-0.05, 0) is 25.1 Å². The first-order valence-corrected chi connectivity index (χ1v) is 7.02. The number of fused-ring (bicyclic) bond motifs is 1. The van der Waals surface area contributed by atoms with E-state index in [0.717, 1.165) is 5.69 Å². The lowest BCUT2D eigenvalue weighted by Gasteiger charge is -2.18. The van der Waals surface area contributed by atoms with Crippen molar-refractivity contribution >= 4 is 29.1 Å². The number of H-pyrrole nitrogens is 1. The fourth-order valence-electron chi connectivity index (χ4n) is 2.73. The monoisotopic (exact) mass is 345 g/mol. The van der Waals surface area contributed by atoms with Crippen molar-refractivity contribution < 1.29 is 3.07 Å². The molecule has 5 heteroatoms. The fourth-order valence-corrected chi connectivity index (χ4v) is 3.09. The van der Waals surface area contributed by atoms with Crippen molar-refractivity contribution in [2.75, 3.05) is 6.61 Å². The van der Waals surface area contributed by atoms with E-state index in [1.165, 1.54) is 37.2 Å². The number of imidazole rings is 1. The Bertz CT molecular complexity index is 423. The van der Waals surface area contributed by atoms with Gasteiger partial charge in [0, 0.05) is 5.92 Å². The highest BCUT2D eigenvalue weighted by Gasteiger charge is 2.25. The summed E-state index contributed by atoms with van der Waals surface area (Å²) in [6, 6.07) is 0.203. The third-order valence-corrected chi connectivity index (χ3v) is 4.00. The lowest BCUT2D eigenvalue weighted by atomic mass is 10.1. The van der Waals surface area contributed by atoms with Crippen LogP contribution in [0, 0.1) is 0 Å². The zero-order valence-electron chi connectivity index (χ0n) is 9.58. The van der Waals surface area contributed by atoms with E-state index in [2.05, 4.69) is 10.3 Å². The van der Waals surface area contributed by atoms with Crippen LogP contribution < -0.4 is 5.32 Å². The molecule has 0 saturated heterocycles. The average molecular weight is 345 g/mol. The van der Waals surface area contributed by atoms with Gasteiger partial charge < -0.3 is 13.4 Å². The first kappa shape index (κ1) is 11.5. The molecule has 92 valence electrons. The summed E-state index contributed by atoms with van der Waals surface area (Å²) >= 11 is 1.94.